The maximum Gasteiger partial charge on any atom is 0.511 e. The van der Waals surface area contributed by atoms with E-state index in [0.717, 1.165) is 22.2 Å². The minimum atomic E-state index is -1.33. The molecule has 0 spiro atoms. The molecule has 0 atom stereocenters. The molecule has 6 heteroatoms. The van der Waals surface area contributed by atoms with Crippen LogP contribution in [0.25, 0.3) is 10.9 Å². The van der Waals surface area contributed by atoms with Gasteiger partial charge >= 0.3 is 6.16 Å². The second kappa shape index (κ2) is 7.53. The second-order valence-corrected chi connectivity index (χ2v) is 8.04. The molecule has 0 saturated heterocycles. The average molecular weight is 388 g/mol. The zero-order chi connectivity index (χ0) is 19.6. The highest BCUT2D eigenvalue weighted by molar-refractivity contribution is 6.30. The van der Waals surface area contributed by atoms with Crippen LogP contribution in [0.3, 0.4) is 0 Å². The van der Waals surface area contributed by atoms with Crippen molar-refractivity contribution in [1.82, 2.24) is 4.57 Å². The SMILES string of the molecule is CC(C)(C)COc1ccc(Cl)cc1Cn1ccc2c(OC(=O)O)cccc21. The molecule has 2 aromatic carbocycles. The Kier molecular flexibility index (Phi) is 5.33. The van der Waals surface area contributed by atoms with E-state index in [1.165, 1.54) is 0 Å². The molecular formula is C21H22ClNO4. The van der Waals surface area contributed by atoms with Crippen LogP contribution >= 0.6 is 11.6 Å². The molecular weight excluding hydrogens is 366 g/mol. The minimum Gasteiger partial charge on any atom is -0.493 e. The van der Waals surface area contributed by atoms with E-state index in [2.05, 4.69) is 20.8 Å². The van der Waals surface area contributed by atoms with Gasteiger partial charge in [0.2, 0.25) is 0 Å². The van der Waals surface area contributed by atoms with Gasteiger partial charge in [0, 0.05) is 22.2 Å². The van der Waals surface area contributed by atoms with Gasteiger partial charge in [0.25, 0.3) is 0 Å². The van der Waals surface area contributed by atoms with Crippen molar-refractivity contribution in [3.8, 4) is 11.5 Å². The molecule has 142 valence electrons. The van der Waals surface area contributed by atoms with Crippen molar-refractivity contribution < 1.29 is 19.4 Å². The molecule has 1 aromatic heterocycles. The highest BCUT2D eigenvalue weighted by atomic mass is 35.5. The van der Waals surface area contributed by atoms with Crippen molar-refractivity contribution in [2.75, 3.05) is 6.61 Å². The third-order valence-electron chi connectivity index (χ3n) is 3.99. The lowest BCUT2D eigenvalue weighted by Gasteiger charge is -2.21. The summed E-state index contributed by atoms with van der Waals surface area (Å²) in [5.74, 6) is 1.10. The highest BCUT2D eigenvalue weighted by Crippen LogP contribution is 2.30. The predicted molar refractivity (Wildman–Crippen MR) is 106 cm³/mol. The van der Waals surface area contributed by atoms with Gasteiger partial charge in [-0.05, 0) is 41.8 Å². The van der Waals surface area contributed by atoms with Crippen LogP contribution in [-0.2, 0) is 6.54 Å². The summed E-state index contributed by atoms with van der Waals surface area (Å²) < 4.78 is 12.9. The largest absolute Gasteiger partial charge is 0.511 e. The quantitative estimate of drug-likeness (QED) is 0.442. The summed E-state index contributed by atoms with van der Waals surface area (Å²) in [7, 11) is 0. The molecule has 0 amide bonds. The van der Waals surface area contributed by atoms with Crippen LogP contribution in [0.15, 0.2) is 48.7 Å². The van der Waals surface area contributed by atoms with Gasteiger partial charge in [-0.15, -0.1) is 0 Å². The van der Waals surface area contributed by atoms with Crippen molar-refractivity contribution in [3.63, 3.8) is 0 Å². The number of nitrogens with zero attached hydrogens (tertiary/aromatic N) is 1. The third kappa shape index (κ3) is 4.74. The number of rotatable bonds is 5. The van der Waals surface area contributed by atoms with E-state index in [1.54, 1.807) is 12.1 Å². The van der Waals surface area contributed by atoms with Crippen LogP contribution in [0.5, 0.6) is 11.5 Å². The number of hydrogen-bond acceptors (Lipinski definition) is 3. The molecule has 27 heavy (non-hydrogen) atoms. The fourth-order valence-corrected chi connectivity index (χ4v) is 3.00. The fourth-order valence-electron chi connectivity index (χ4n) is 2.81. The third-order valence-corrected chi connectivity index (χ3v) is 4.23. The summed E-state index contributed by atoms with van der Waals surface area (Å²) in [5, 5.41) is 10.3. The molecule has 0 radical (unpaired) electrons. The zero-order valence-electron chi connectivity index (χ0n) is 15.5. The Balaban J connectivity index is 1.93. The van der Waals surface area contributed by atoms with Crippen LogP contribution < -0.4 is 9.47 Å². The standard InChI is InChI=1S/C21H22ClNO4/c1-21(2,3)13-26-18-8-7-15(22)11-14(18)12-23-10-9-16-17(23)5-4-6-19(16)27-20(24)25/h4-11H,12-13H2,1-3H3,(H,24,25). The summed E-state index contributed by atoms with van der Waals surface area (Å²) in [6.45, 7) is 7.48. The van der Waals surface area contributed by atoms with E-state index in [9.17, 15) is 4.79 Å². The van der Waals surface area contributed by atoms with Crippen LogP contribution in [0.1, 0.15) is 26.3 Å². The van der Waals surface area contributed by atoms with Crippen molar-refractivity contribution in [2.45, 2.75) is 27.3 Å². The highest BCUT2D eigenvalue weighted by Gasteiger charge is 2.15. The number of ether oxygens (including phenoxy) is 2. The van der Waals surface area contributed by atoms with Gasteiger partial charge in [-0.2, -0.15) is 0 Å². The van der Waals surface area contributed by atoms with E-state index >= 15 is 0 Å². The van der Waals surface area contributed by atoms with E-state index in [0.29, 0.717) is 23.9 Å². The fraction of sp³-hybridized carbons (Fsp3) is 0.286. The number of fused-ring (bicyclic) bond motifs is 1. The van der Waals surface area contributed by atoms with E-state index < -0.39 is 6.16 Å². The van der Waals surface area contributed by atoms with Crippen molar-refractivity contribution >= 4 is 28.7 Å². The number of carbonyl (C=O) groups is 1. The molecule has 0 aliphatic carbocycles. The van der Waals surface area contributed by atoms with Crippen molar-refractivity contribution in [1.29, 1.82) is 0 Å². The summed E-state index contributed by atoms with van der Waals surface area (Å²) in [5.41, 5.74) is 1.87. The molecule has 3 aromatic rings. The first-order valence-corrected chi connectivity index (χ1v) is 9.00. The first kappa shape index (κ1) is 19.1. The Bertz CT molecular complexity index is 972. The first-order chi connectivity index (χ1) is 12.7. The van der Waals surface area contributed by atoms with Gasteiger partial charge in [0.15, 0.2) is 0 Å². The summed E-state index contributed by atoms with van der Waals surface area (Å²) in [4.78, 5) is 10.9. The molecule has 0 fully saturated rings. The lowest BCUT2D eigenvalue weighted by atomic mass is 9.98. The number of aromatic nitrogens is 1. The molecule has 3 rings (SSSR count). The number of benzene rings is 2. The maximum absolute atomic E-state index is 10.9. The van der Waals surface area contributed by atoms with E-state index in [4.69, 9.17) is 26.2 Å². The Hall–Kier alpha value is -2.66. The van der Waals surface area contributed by atoms with Crippen LogP contribution in [0.2, 0.25) is 5.02 Å². The molecule has 0 aliphatic rings. The van der Waals surface area contributed by atoms with Crippen molar-refractivity contribution in [3.05, 3.63) is 59.2 Å². The minimum absolute atomic E-state index is 0.0418. The first-order valence-electron chi connectivity index (χ1n) is 8.63. The average Bonchev–Trinajstić information content (AvgIpc) is 2.97. The van der Waals surface area contributed by atoms with Crippen molar-refractivity contribution in [2.24, 2.45) is 5.41 Å². The van der Waals surface area contributed by atoms with E-state index in [1.807, 2.05) is 41.1 Å². The summed E-state index contributed by atoms with van der Waals surface area (Å²) in [6.07, 6.45) is 0.566. The Labute approximate surface area is 163 Å². The van der Waals surface area contributed by atoms with Gasteiger partial charge in [0.05, 0.1) is 18.7 Å². The summed E-state index contributed by atoms with van der Waals surface area (Å²) in [6, 6.07) is 12.8. The Morgan fingerprint density at radius 2 is 1.93 bits per heavy atom. The van der Waals surface area contributed by atoms with E-state index in [-0.39, 0.29) is 5.41 Å². The number of hydrogen-bond donors (Lipinski definition) is 1. The van der Waals surface area contributed by atoms with Gasteiger partial charge in [-0.25, -0.2) is 4.79 Å². The Morgan fingerprint density at radius 1 is 1.15 bits per heavy atom. The molecule has 1 heterocycles. The predicted octanol–water partition coefficient (Wildman–Crippen LogP) is 5.82. The van der Waals surface area contributed by atoms with Crippen LogP contribution in [-0.4, -0.2) is 22.4 Å². The molecule has 1 N–H and O–H groups in total. The summed E-state index contributed by atoms with van der Waals surface area (Å²) >= 11 is 6.20. The smallest absolute Gasteiger partial charge is 0.493 e. The zero-order valence-corrected chi connectivity index (χ0v) is 16.3. The second-order valence-electron chi connectivity index (χ2n) is 7.60. The topological polar surface area (TPSA) is 60.7 Å². The molecule has 0 aliphatic heterocycles. The maximum atomic E-state index is 10.9. The van der Waals surface area contributed by atoms with Crippen LogP contribution in [0.4, 0.5) is 4.79 Å². The molecule has 0 bridgehead atoms. The normalized spacial score (nSPS) is 11.6. The van der Waals surface area contributed by atoms with Gasteiger partial charge < -0.3 is 19.1 Å². The van der Waals surface area contributed by atoms with Crippen LogP contribution in [0, 0.1) is 5.41 Å². The van der Waals surface area contributed by atoms with Gasteiger partial charge in [0.1, 0.15) is 11.5 Å². The van der Waals surface area contributed by atoms with Gasteiger partial charge in [-0.1, -0.05) is 38.4 Å². The number of carboxylic acid groups (broad SMARTS) is 1. The molecule has 0 unspecified atom stereocenters. The number of halogens is 1. The molecule has 0 saturated carbocycles. The lowest BCUT2D eigenvalue weighted by molar-refractivity contribution is 0.145. The monoisotopic (exact) mass is 387 g/mol. The Morgan fingerprint density at radius 3 is 2.63 bits per heavy atom. The lowest BCUT2D eigenvalue weighted by Crippen LogP contribution is -2.17. The van der Waals surface area contributed by atoms with Gasteiger partial charge in [-0.3, -0.25) is 0 Å². The molecule has 5 nitrogen and oxygen atoms in total.